The molecule has 0 atom stereocenters. The predicted octanol–water partition coefficient (Wildman–Crippen LogP) is 4.69. The molecule has 0 unspecified atom stereocenters. The van der Waals surface area contributed by atoms with E-state index in [9.17, 15) is 16.8 Å². The van der Waals surface area contributed by atoms with Crippen LogP contribution in [0.2, 0.25) is 0 Å². The standard InChI is InChI=1S/C17H20N2O3S.C15H20N4O3S/c1-22-16-9-8-13(14-5-4-10-18-12-14)11-17(16)23(20,21)19-15-6-2-3-7-15;1-19-16-10-13(17-19)11-7-8-14(22-2)15(9-11)23(20,21)18-12-5-3-4-6-12/h4-5,8-12,15,19H,2-3,6-7H2,1H3;7-10,12,18H,3-6H2,1-2H3. The maximum atomic E-state index is 12.7. The number of nitrogens with zero attached hydrogens (tertiary/aromatic N) is 4. The lowest BCUT2D eigenvalue weighted by Crippen LogP contribution is -2.32. The van der Waals surface area contributed by atoms with Gasteiger partial charge in [-0.15, -0.1) is 0 Å². The summed E-state index contributed by atoms with van der Waals surface area (Å²) in [6, 6.07) is 13.9. The molecule has 14 heteroatoms. The number of rotatable bonds is 10. The summed E-state index contributed by atoms with van der Waals surface area (Å²) in [5.41, 5.74) is 2.97. The molecule has 0 spiro atoms. The van der Waals surface area contributed by atoms with Crippen LogP contribution in [0.5, 0.6) is 11.5 Å². The molecular weight excluding hydrogens is 629 g/mol. The minimum absolute atomic E-state index is 0.00452. The van der Waals surface area contributed by atoms with Crippen molar-refractivity contribution in [1.82, 2.24) is 29.4 Å². The van der Waals surface area contributed by atoms with Gasteiger partial charge in [0, 0.05) is 42.7 Å². The van der Waals surface area contributed by atoms with E-state index >= 15 is 0 Å². The van der Waals surface area contributed by atoms with Crippen LogP contribution in [0.3, 0.4) is 0 Å². The van der Waals surface area contributed by atoms with Gasteiger partial charge in [-0.05, 0) is 67.6 Å². The summed E-state index contributed by atoms with van der Waals surface area (Å²) < 4.78 is 67.0. The first-order chi connectivity index (χ1) is 22.1. The number of hydrogen-bond acceptors (Lipinski definition) is 9. The molecule has 0 saturated heterocycles. The number of hydrogen-bond donors (Lipinski definition) is 2. The molecule has 0 bridgehead atoms. The number of benzene rings is 2. The third-order valence-corrected chi connectivity index (χ3v) is 11.2. The van der Waals surface area contributed by atoms with E-state index in [-0.39, 0.29) is 21.9 Å². The van der Waals surface area contributed by atoms with E-state index in [1.807, 2.05) is 18.2 Å². The number of methoxy groups -OCH3 is 2. The van der Waals surface area contributed by atoms with E-state index in [0.29, 0.717) is 22.8 Å². The lowest BCUT2D eigenvalue weighted by molar-refractivity contribution is 0.402. The minimum Gasteiger partial charge on any atom is -0.495 e. The highest BCUT2D eigenvalue weighted by Gasteiger charge is 2.27. The van der Waals surface area contributed by atoms with E-state index in [4.69, 9.17) is 9.47 Å². The molecule has 6 rings (SSSR count). The van der Waals surface area contributed by atoms with Crippen LogP contribution in [0.1, 0.15) is 51.4 Å². The van der Waals surface area contributed by atoms with Crippen molar-refractivity contribution in [3.05, 3.63) is 67.1 Å². The quantitative estimate of drug-likeness (QED) is 0.245. The molecule has 4 aromatic rings. The van der Waals surface area contributed by atoms with Gasteiger partial charge in [-0.2, -0.15) is 15.0 Å². The van der Waals surface area contributed by atoms with Gasteiger partial charge < -0.3 is 9.47 Å². The molecule has 0 radical (unpaired) electrons. The van der Waals surface area contributed by atoms with Gasteiger partial charge in [0.05, 0.1) is 20.4 Å². The van der Waals surface area contributed by atoms with E-state index < -0.39 is 20.0 Å². The molecule has 2 aromatic carbocycles. The molecule has 2 aliphatic carbocycles. The Morgan fingerprint density at radius 1 is 0.717 bits per heavy atom. The van der Waals surface area contributed by atoms with E-state index in [1.54, 1.807) is 56.0 Å². The van der Waals surface area contributed by atoms with Crippen LogP contribution in [-0.2, 0) is 27.1 Å². The van der Waals surface area contributed by atoms with Gasteiger partial charge in [0.1, 0.15) is 27.0 Å². The lowest BCUT2D eigenvalue weighted by atomic mass is 10.1. The molecular formula is C32H40N6O6S2. The maximum absolute atomic E-state index is 12.7. The SMILES string of the molecule is COc1ccc(-c2cccnc2)cc1S(=O)(=O)NC1CCCC1.COc1ccc(-c2cnn(C)n2)cc1S(=O)(=O)NC1CCCC1. The summed E-state index contributed by atoms with van der Waals surface area (Å²) in [5.74, 6) is 0.672. The average Bonchev–Trinajstić information content (AvgIpc) is 3.85. The third-order valence-electron chi connectivity index (χ3n) is 8.15. The molecule has 2 fully saturated rings. The Morgan fingerprint density at radius 2 is 1.24 bits per heavy atom. The summed E-state index contributed by atoms with van der Waals surface area (Å²) >= 11 is 0. The van der Waals surface area contributed by atoms with Crippen molar-refractivity contribution in [3.8, 4) is 33.9 Å². The first-order valence-electron chi connectivity index (χ1n) is 15.3. The predicted molar refractivity (Wildman–Crippen MR) is 174 cm³/mol. The van der Waals surface area contributed by atoms with Crippen LogP contribution in [0.25, 0.3) is 22.4 Å². The van der Waals surface area contributed by atoms with Crippen LogP contribution in [0, 0.1) is 0 Å². The Bertz CT molecular complexity index is 1840. The molecule has 2 heterocycles. The fourth-order valence-corrected chi connectivity index (χ4v) is 8.78. The second kappa shape index (κ2) is 14.7. The fourth-order valence-electron chi connectivity index (χ4n) is 5.78. The first kappa shape index (κ1) is 33.5. The lowest BCUT2D eigenvalue weighted by Gasteiger charge is -2.15. The van der Waals surface area contributed by atoms with Crippen molar-refractivity contribution in [3.63, 3.8) is 0 Å². The van der Waals surface area contributed by atoms with Gasteiger partial charge >= 0.3 is 0 Å². The highest BCUT2D eigenvalue weighted by Crippen LogP contribution is 2.32. The van der Waals surface area contributed by atoms with Gasteiger partial charge in [0.25, 0.3) is 0 Å². The van der Waals surface area contributed by atoms with Gasteiger partial charge in [0.2, 0.25) is 20.0 Å². The number of sulfonamides is 2. The van der Waals surface area contributed by atoms with Crippen LogP contribution >= 0.6 is 0 Å². The Morgan fingerprint density at radius 3 is 1.70 bits per heavy atom. The minimum atomic E-state index is -3.64. The number of aromatic nitrogens is 4. The number of ether oxygens (including phenoxy) is 2. The molecule has 246 valence electrons. The van der Waals surface area contributed by atoms with E-state index in [0.717, 1.165) is 62.5 Å². The summed E-state index contributed by atoms with van der Waals surface area (Å²) in [4.78, 5) is 5.83. The smallest absolute Gasteiger partial charge is 0.244 e. The molecule has 0 aliphatic heterocycles. The Balaban J connectivity index is 0.000000181. The summed E-state index contributed by atoms with van der Waals surface area (Å²) in [6.07, 6.45) is 12.8. The Kier molecular flexibility index (Phi) is 10.7. The summed E-state index contributed by atoms with van der Waals surface area (Å²) in [6.45, 7) is 0. The highest BCUT2D eigenvalue weighted by atomic mass is 32.2. The van der Waals surface area contributed by atoms with E-state index in [1.165, 1.54) is 19.0 Å². The third kappa shape index (κ3) is 8.10. The second-order valence-electron chi connectivity index (χ2n) is 11.4. The van der Waals surface area contributed by atoms with Crippen molar-refractivity contribution >= 4 is 20.0 Å². The van der Waals surface area contributed by atoms with Crippen LogP contribution in [0.4, 0.5) is 0 Å². The first-order valence-corrected chi connectivity index (χ1v) is 18.2. The Labute approximate surface area is 270 Å². The molecule has 2 aromatic heterocycles. The molecule has 0 amide bonds. The normalized spacial score (nSPS) is 15.8. The van der Waals surface area contributed by atoms with E-state index in [2.05, 4.69) is 24.6 Å². The zero-order chi connectivity index (χ0) is 32.7. The van der Waals surface area contributed by atoms with Gasteiger partial charge in [-0.25, -0.2) is 26.3 Å². The van der Waals surface area contributed by atoms with Gasteiger partial charge in [0.15, 0.2) is 0 Å². The molecule has 2 N–H and O–H groups in total. The van der Waals surface area contributed by atoms with Crippen molar-refractivity contribution in [2.24, 2.45) is 7.05 Å². The summed E-state index contributed by atoms with van der Waals surface area (Å²) in [7, 11) is -2.59. The molecule has 2 saturated carbocycles. The second-order valence-corrected chi connectivity index (χ2v) is 14.8. The molecule has 12 nitrogen and oxygen atoms in total. The maximum Gasteiger partial charge on any atom is 0.244 e. The van der Waals surface area contributed by atoms with Gasteiger partial charge in [-0.1, -0.05) is 37.8 Å². The van der Waals surface area contributed by atoms with Crippen molar-refractivity contribution < 1.29 is 26.3 Å². The van der Waals surface area contributed by atoms with Crippen LogP contribution < -0.4 is 18.9 Å². The summed E-state index contributed by atoms with van der Waals surface area (Å²) in [5, 5.41) is 8.23. The van der Waals surface area contributed by atoms with Crippen molar-refractivity contribution in [2.45, 2.75) is 73.2 Å². The zero-order valence-corrected chi connectivity index (χ0v) is 27.9. The van der Waals surface area contributed by atoms with Crippen molar-refractivity contribution in [2.75, 3.05) is 14.2 Å². The van der Waals surface area contributed by atoms with Crippen LogP contribution in [-0.4, -0.2) is 63.1 Å². The monoisotopic (exact) mass is 668 g/mol. The Hall–Kier alpha value is -3.85. The van der Waals surface area contributed by atoms with Crippen molar-refractivity contribution in [1.29, 1.82) is 0 Å². The molecule has 46 heavy (non-hydrogen) atoms. The number of nitrogens with one attached hydrogen (secondary N) is 2. The fraction of sp³-hybridized carbons (Fsp3) is 0.406. The molecule has 2 aliphatic rings. The van der Waals surface area contributed by atoms with Crippen LogP contribution in [0.15, 0.2) is 76.9 Å². The topological polar surface area (TPSA) is 154 Å². The van der Waals surface area contributed by atoms with Gasteiger partial charge in [-0.3, -0.25) is 4.98 Å². The highest BCUT2D eigenvalue weighted by molar-refractivity contribution is 7.90. The number of aryl methyl sites for hydroxylation is 1. The zero-order valence-electron chi connectivity index (χ0n) is 26.2. The average molecular weight is 669 g/mol. The number of pyridine rings is 1. The largest absolute Gasteiger partial charge is 0.495 e.